The Kier molecular flexibility index (Phi) is 4.79. The summed E-state index contributed by atoms with van der Waals surface area (Å²) in [6.07, 6.45) is -1.58. The lowest BCUT2D eigenvalue weighted by Crippen LogP contribution is -2.46. The SMILES string of the molecule is [N-]=[N+]=N[C@@H]1CCN(C(=O)OCc2ccccc2)C[C@H]1F. The molecule has 1 aromatic rings. The number of benzene rings is 1. The minimum atomic E-state index is -1.34. The van der Waals surface area contributed by atoms with Gasteiger partial charge in [0.25, 0.3) is 0 Å². The maximum absolute atomic E-state index is 13.7. The molecule has 1 amide bonds. The van der Waals surface area contributed by atoms with Crippen LogP contribution in [-0.4, -0.2) is 36.3 Å². The van der Waals surface area contributed by atoms with E-state index in [-0.39, 0.29) is 13.2 Å². The second-order valence-electron chi connectivity index (χ2n) is 4.56. The van der Waals surface area contributed by atoms with E-state index in [0.29, 0.717) is 13.0 Å². The molecule has 0 aliphatic carbocycles. The number of amides is 1. The van der Waals surface area contributed by atoms with Gasteiger partial charge in [-0.15, -0.1) is 0 Å². The van der Waals surface area contributed by atoms with Crippen molar-refractivity contribution in [1.82, 2.24) is 4.90 Å². The molecule has 20 heavy (non-hydrogen) atoms. The van der Waals surface area contributed by atoms with Crippen LogP contribution < -0.4 is 0 Å². The van der Waals surface area contributed by atoms with Crippen LogP contribution in [-0.2, 0) is 11.3 Å². The van der Waals surface area contributed by atoms with Crippen LogP contribution in [0, 0.1) is 0 Å². The van der Waals surface area contributed by atoms with E-state index in [1.807, 2.05) is 30.3 Å². The number of rotatable bonds is 3. The highest BCUT2D eigenvalue weighted by molar-refractivity contribution is 5.67. The molecule has 1 saturated heterocycles. The van der Waals surface area contributed by atoms with Gasteiger partial charge in [0, 0.05) is 11.5 Å². The van der Waals surface area contributed by atoms with Crippen LogP contribution >= 0.6 is 0 Å². The van der Waals surface area contributed by atoms with E-state index in [4.69, 9.17) is 10.3 Å². The van der Waals surface area contributed by atoms with Crippen molar-refractivity contribution >= 4 is 6.09 Å². The number of likely N-dealkylation sites (tertiary alicyclic amines) is 1. The van der Waals surface area contributed by atoms with Crippen molar-refractivity contribution in [1.29, 1.82) is 0 Å². The van der Waals surface area contributed by atoms with E-state index < -0.39 is 18.3 Å². The Morgan fingerprint density at radius 2 is 2.25 bits per heavy atom. The Labute approximate surface area is 115 Å². The molecule has 6 nitrogen and oxygen atoms in total. The van der Waals surface area contributed by atoms with Gasteiger partial charge in [0.1, 0.15) is 12.8 Å². The number of hydrogen-bond donors (Lipinski definition) is 0. The third-order valence-corrected chi connectivity index (χ3v) is 3.17. The van der Waals surface area contributed by atoms with E-state index in [9.17, 15) is 9.18 Å². The minimum absolute atomic E-state index is 0.0999. The average molecular weight is 278 g/mol. The van der Waals surface area contributed by atoms with Gasteiger partial charge in [0.05, 0.1) is 12.6 Å². The van der Waals surface area contributed by atoms with Crippen LogP contribution in [0.5, 0.6) is 0 Å². The van der Waals surface area contributed by atoms with E-state index >= 15 is 0 Å². The molecular weight excluding hydrogens is 263 g/mol. The number of halogens is 1. The van der Waals surface area contributed by atoms with Crippen molar-refractivity contribution in [3.8, 4) is 0 Å². The number of carbonyl (C=O) groups is 1. The van der Waals surface area contributed by atoms with Crippen LogP contribution in [0.4, 0.5) is 9.18 Å². The zero-order chi connectivity index (χ0) is 14.4. The van der Waals surface area contributed by atoms with Gasteiger partial charge in [-0.1, -0.05) is 35.4 Å². The molecular formula is C13H15FN4O2. The Bertz CT molecular complexity index is 504. The van der Waals surface area contributed by atoms with E-state index in [0.717, 1.165) is 5.56 Å². The number of carbonyl (C=O) groups excluding carboxylic acids is 1. The standard InChI is InChI=1S/C13H15FN4O2/c14-11-8-18(7-6-12(11)16-17-15)13(19)20-9-10-4-2-1-3-5-10/h1-5,11-12H,6-9H2/t11-,12-/m1/s1. The summed E-state index contributed by atoms with van der Waals surface area (Å²) in [6.45, 7) is 0.391. The topological polar surface area (TPSA) is 78.3 Å². The number of azide groups is 1. The third-order valence-electron chi connectivity index (χ3n) is 3.17. The van der Waals surface area contributed by atoms with Crippen molar-refractivity contribution in [3.05, 3.63) is 46.3 Å². The molecule has 0 bridgehead atoms. The summed E-state index contributed by atoms with van der Waals surface area (Å²) in [4.78, 5) is 15.7. The van der Waals surface area contributed by atoms with Crippen molar-refractivity contribution < 1.29 is 13.9 Å². The molecule has 1 aliphatic rings. The summed E-state index contributed by atoms with van der Waals surface area (Å²) in [6, 6.07) is 8.58. The zero-order valence-corrected chi connectivity index (χ0v) is 10.9. The van der Waals surface area contributed by atoms with Crippen LogP contribution in [0.2, 0.25) is 0 Å². The first kappa shape index (κ1) is 14.1. The lowest BCUT2D eigenvalue weighted by atomic mass is 10.0. The Balaban J connectivity index is 1.83. The molecule has 1 aromatic carbocycles. The monoisotopic (exact) mass is 278 g/mol. The maximum atomic E-state index is 13.7. The maximum Gasteiger partial charge on any atom is 0.410 e. The quantitative estimate of drug-likeness (QED) is 0.484. The normalized spacial score (nSPS) is 21.9. The largest absolute Gasteiger partial charge is 0.445 e. The van der Waals surface area contributed by atoms with Crippen molar-refractivity contribution in [2.24, 2.45) is 5.11 Å². The molecule has 1 fully saturated rings. The van der Waals surface area contributed by atoms with Gasteiger partial charge in [-0.25, -0.2) is 9.18 Å². The van der Waals surface area contributed by atoms with Gasteiger partial charge in [-0.3, -0.25) is 0 Å². The molecule has 7 heteroatoms. The van der Waals surface area contributed by atoms with E-state index in [1.165, 1.54) is 4.90 Å². The van der Waals surface area contributed by atoms with Crippen molar-refractivity contribution in [3.63, 3.8) is 0 Å². The summed E-state index contributed by atoms with van der Waals surface area (Å²) in [7, 11) is 0. The predicted molar refractivity (Wildman–Crippen MR) is 70.6 cm³/mol. The Hall–Kier alpha value is -2.27. The lowest BCUT2D eigenvalue weighted by molar-refractivity contribution is 0.0660. The summed E-state index contributed by atoms with van der Waals surface area (Å²) in [5, 5.41) is 3.38. The first-order valence-electron chi connectivity index (χ1n) is 6.34. The van der Waals surface area contributed by atoms with Crippen LogP contribution in [0.15, 0.2) is 35.4 Å². The van der Waals surface area contributed by atoms with Gasteiger partial charge >= 0.3 is 6.09 Å². The third kappa shape index (κ3) is 3.61. The summed E-state index contributed by atoms with van der Waals surface area (Å²) in [5.74, 6) is 0. The number of ether oxygens (including phenoxy) is 1. The number of alkyl halides is 1. The highest BCUT2D eigenvalue weighted by Crippen LogP contribution is 2.18. The molecule has 0 unspecified atom stereocenters. The highest BCUT2D eigenvalue weighted by atomic mass is 19.1. The highest BCUT2D eigenvalue weighted by Gasteiger charge is 2.31. The number of hydrogen-bond acceptors (Lipinski definition) is 3. The number of piperidine rings is 1. The summed E-state index contributed by atoms with van der Waals surface area (Å²) in [5.41, 5.74) is 9.18. The fraction of sp³-hybridized carbons (Fsp3) is 0.462. The zero-order valence-electron chi connectivity index (χ0n) is 10.9. The van der Waals surface area contributed by atoms with Gasteiger partial charge in [0.15, 0.2) is 0 Å². The second kappa shape index (κ2) is 6.77. The van der Waals surface area contributed by atoms with E-state index in [1.54, 1.807) is 0 Å². The summed E-state index contributed by atoms with van der Waals surface area (Å²) < 4.78 is 18.8. The van der Waals surface area contributed by atoms with Gasteiger partial charge in [-0.2, -0.15) is 0 Å². The first-order valence-corrected chi connectivity index (χ1v) is 6.34. The molecule has 1 aliphatic heterocycles. The fourth-order valence-corrected chi connectivity index (χ4v) is 2.07. The molecule has 106 valence electrons. The molecule has 1 heterocycles. The molecule has 0 spiro atoms. The Morgan fingerprint density at radius 3 is 2.90 bits per heavy atom. The smallest absolute Gasteiger partial charge is 0.410 e. The van der Waals surface area contributed by atoms with Gasteiger partial charge < -0.3 is 9.64 Å². The second-order valence-corrected chi connectivity index (χ2v) is 4.56. The fourth-order valence-electron chi connectivity index (χ4n) is 2.07. The first-order chi connectivity index (χ1) is 9.70. The Morgan fingerprint density at radius 1 is 1.50 bits per heavy atom. The van der Waals surface area contributed by atoms with Gasteiger partial charge in [0.2, 0.25) is 0 Å². The van der Waals surface area contributed by atoms with Crippen LogP contribution in [0.3, 0.4) is 0 Å². The van der Waals surface area contributed by atoms with E-state index in [2.05, 4.69) is 10.0 Å². The molecule has 2 rings (SSSR count). The number of nitrogens with zero attached hydrogens (tertiary/aromatic N) is 4. The molecule has 0 saturated carbocycles. The van der Waals surface area contributed by atoms with Crippen molar-refractivity contribution in [2.75, 3.05) is 13.1 Å². The lowest BCUT2D eigenvalue weighted by Gasteiger charge is -2.31. The predicted octanol–water partition coefficient (Wildman–Crippen LogP) is 3.05. The molecule has 0 aromatic heterocycles. The average Bonchev–Trinajstić information content (AvgIpc) is 2.48. The molecule has 0 N–H and O–H groups in total. The molecule has 0 radical (unpaired) electrons. The minimum Gasteiger partial charge on any atom is -0.445 e. The summed E-state index contributed by atoms with van der Waals surface area (Å²) >= 11 is 0. The van der Waals surface area contributed by atoms with Gasteiger partial charge in [-0.05, 0) is 17.5 Å². The van der Waals surface area contributed by atoms with Crippen LogP contribution in [0.25, 0.3) is 10.4 Å². The van der Waals surface area contributed by atoms with Crippen molar-refractivity contribution in [2.45, 2.75) is 25.2 Å². The molecule has 2 atom stereocenters. The van der Waals surface area contributed by atoms with Crippen LogP contribution in [0.1, 0.15) is 12.0 Å².